The summed E-state index contributed by atoms with van der Waals surface area (Å²) in [5.41, 5.74) is 3.38. The van der Waals surface area contributed by atoms with Gasteiger partial charge in [0, 0.05) is 22.5 Å². The van der Waals surface area contributed by atoms with Crippen LogP contribution in [0.4, 0.5) is 5.82 Å². The third-order valence-electron chi connectivity index (χ3n) is 4.20. The van der Waals surface area contributed by atoms with E-state index in [-0.39, 0.29) is 5.91 Å². The molecule has 0 bridgehead atoms. The van der Waals surface area contributed by atoms with Gasteiger partial charge in [-0.2, -0.15) is 5.10 Å². The van der Waals surface area contributed by atoms with E-state index in [1.165, 1.54) is 0 Å². The van der Waals surface area contributed by atoms with Crippen molar-refractivity contribution in [3.05, 3.63) is 76.4 Å². The average Bonchev–Trinajstić information content (AvgIpc) is 3.29. The van der Waals surface area contributed by atoms with Crippen LogP contribution >= 0.6 is 15.9 Å². The number of benzene rings is 2. The number of oxime groups is 1. The zero-order valence-electron chi connectivity index (χ0n) is 14.6. The number of carbonyl (C=O) groups is 1. The molecular weight excluding hydrogens is 408 g/mol. The fraction of sp³-hybridized carbons (Fsp3) is 0.150. The van der Waals surface area contributed by atoms with Gasteiger partial charge in [0.1, 0.15) is 5.82 Å². The third-order valence-corrected chi connectivity index (χ3v) is 4.70. The largest absolute Gasteiger partial charge is 0.382 e. The molecule has 2 heterocycles. The molecule has 1 aliphatic rings. The van der Waals surface area contributed by atoms with Crippen molar-refractivity contribution < 1.29 is 9.63 Å². The number of hydrogen-bond donors (Lipinski definition) is 1. The lowest BCUT2D eigenvalue weighted by molar-refractivity contribution is -0.125. The molecule has 1 aromatic heterocycles. The first-order valence-electron chi connectivity index (χ1n) is 8.52. The number of aromatic nitrogens is 2. The Kier molecular flexibility index (Phi) is 4.77. The summed E-state index contributed by atoms with van der Waals surface area (Å²) in [6.45, 7) is 1.88. The van der Waals surface area contributed by atoms with E-state index in [1.807, 2.05) is 67.6 Å². The molecule has 7 heteroatoms. The Bertz CT molecular complexity index is 1010. The maximum atomic E-state index is 12.7. The second-order valence-electron chi connectivity index (χ2n) is 6.25. The molecule has 1 atom stereocenters. The minimum Gasteiger partial charge on any atom is -0.382 e. The Morgan fingerprint density at radius 2 is 2.00 bits per heavy atom. The highest BCUT2D eigenvalue weighted by molar-refractivity contribution is 9.10. The van der Waals surface area contributed by atoms with Gasteiger partial charge in [0.25, 0.3) is 5.91 Å². The number of aryl methyl sites for hydroxylation is 1. The van der Waals surface area contributed by atoms with Crippen molar-refractivity contribution in [1.29, 1.82) is 0 Å². The van der Waals surface area contributed by atoms with Crippen molar-refractivity contribution in [1.82, 2.24) is 9.78 Å². The summed E-state index contributed by atoms with van der Waals surface area (Å²) in [6, 6.07) is 19.3. The number of hydrogen-bond acceptors (Lipinski definition) is 4. The molecule has 2 aromatic carbocycles. The van der Waals surface area contributed by atoms with Crippen LogP contribution in [0.2, 0.25) is 0 Å². The van der Waals surface area contributed by atoms with E-state index >= 15 is 0 Å². The number of amides is 1. The molecule has 1 N–H and O–H groups in total. The van der Waals surface area contributed by atoms with Crippen LogP contribution in [0, 0.1) is 6.92 Å². The molecular formula is C20H17BrN4O2. The molecule has 1 unspecified atom stereocenters. The van der Waals surface area contributed by atoms with E-state index in [4.69, 9.17) is 4.84 Å². The van der Waals surface area contributed by atoms with Gasteiger partial charge in [-0.3, -0.25) is 4.79 Å². The summed E-state index contributed by atoms with van der Waals surface area (Å²) < 4.78 is 2.66. The maximum absolute atomic E-state index is 12.7. The molecule has 3 aromatic rings. The summed E-state index contributed by atoms with van der Waals surface area (Å²) in [5.74, 6) is 0.351. The topological polar surface area (TPSA) is 68.5 Å². The molecule has 0 aliphatic carbocycles. The van der Waals surface area contributed by atoms with Gasteiger partial charge in [-0.15, -0.1) is 0 Å². The highest BCUT2D eigenvalue weighted by Gasteiger charge is 2.29. The zero-order valence-corrected chi connectivity index (χ0v) is 16.2. The Balaban J connectivity index is 1.48. The summed E-state index contributed by atoms with van der Waals surface area (Å²) in [7, 11) is 0. The number of para-hydroxylation sites is 1. The fourth-order valence-electron chi connectivity index (χ4n) is 2.92. The summed E-state index contributed by atoms with van der Waals surface area (Å²) in [6.07, 6.45) is -0.251. The Morgan fingerprint density at radius 1 is 1.19 bits per heavy atom. The Labute approximate surface area is 165 Å². The molecule has 27 heavy (non-hydrogen) atoms. The fourth-order valence-corrected chi connectivity index (χ4v) is 3.32. The monoisotopic (exact) mass is 424 g/mol. The lowest BCUT2D eigenvalue weighted by atomic mass is 10.0. The maximum Gasteiger partial charge on any atom is 0.269 e. The number of carbonyl (C=O) groups excluding carboxylic acids is 1. The smallest absolute Gasteiger partial charge is 0.269 e. The van der Waals surface area contributed by atoms with Crippen LogP contribution in [-0.4, -0.2) is 27.5 Å². The van der Waals surface area contributed by atoms with Crippen LogP contribution in [-0.2, 0) is 9.63 Å². The van der Waals surface area contributed by atoms with Crippen LogP contribution in [0.1, 0.15) is 17.7 Å². The highest BCUT2D eigenvalue weighted by atomic mass is 79.9. The van der Waals surface area contributed by atoms with Crippen LogP contribution in [0.15, 0.2) is 70.3 Å². The van der Waals surface area contributed by atoms with Gasteiger partial charge in [-0.05, 0) is 31.2 Å². The molecule has 0 radical (unpaired) electrons. The number of nitrogens with zero attached hydrogens (tertiary/aromatic N) is 3. The molecule has 0 saturated carbocycles. The van der Waals surface area contributed by atoms with Gasteiger partial charge < -0.3 is 10.2 Å². The van der Waals surface area contributed by atoms with E-state index in [0.29, 0.717) is 12.2 Å². The lowest BCUT2D eigenvalue weighted by Crippen LogP contribution is -2.29. The molecule has 1 amide bonds. The Morgan fingerprint density at radius 3 is 2.78 bits per heavy atom. The van der Waals surface area contributed by atoms with E-state index in [1.54, 1.807) is 4.68 Å². The summed E-state index contributed by atoms with van der Waals surface area (Å²) in [5, 5.41) is 11.5. The van der Waals surface area contributed by atoms with Crippen molar-refractivity contribution in [2.24, 2.45) is 5.16 Å². The molecule has 1 aliphatic heterocycles. The zero-order chi connectivity index (χ0) is 18.8. The van der Waals surface area contributed by atoms with Crippen molar-refractivity contribution in [2.75, 3.05) is 5.32 Å². The van der Waals surface area contributed by atoms with E-state index in [2.05, 4.69) is 31.5 Å². The average molecular weight is 425 g/mol. The van der Waals surface area contributed by atoms with Gasteiger partial charge in [0.2, 0.25) is 6.10 Å². The van der Waals surface area contributed by atoms with Crippen molar-refractivity contribution in [2.45, 2.75) is 19.4 Å². The number of anilines is 1. The molecule has 0 fully saturated rings. The predicted molar refractivity (Wildman–Crippen MR) is 107 cm³/mol. The van der Waals surface area contributed by atoms with E-state index in [9.17, 15) is 4.79 Å². The standard InChI is InChI=1S/C20H17BrN4O2/c1-13-10-19(25(23-13)16-8-3-2-4-9-16)22-20(26)18-12-17(24-27-18)14-6-5-7-15(21)11-14/h2-11,18H,12H2,1H3,(H,22,26). The third kappa shape index (κ3) is 3.78. The molecule has 6 nitrogen and oxygen atoms in total. The van der Waals surface area contributed by atoms with Crippen LogP contribution in [0.25, 0.3) is 5.69 Å². The first-order valence-corrected chi connectivity index (χ1v) is 9.31. The SMILES string of the molecule is Cc1cc(NC(=O)C2CC(c3cccc(Br)c3)=NO2)n(-c2ccccc2)n1. The first-order chi connectivity index (χ1) is 13.1. The lowest BCUT2D eigenvalue weighted by Gasteiger charge is -2.11. The van der Waals surface area contributed by atoms with E-state index in [0.717, 1.165) is 27.1 Å². The molecule has 4 rings (SSSR count). The number of rotatable bonds is 4. The van der Waals surface area contributed by atoms with Crippen molar-refractivity contribution in [3.8, 4) is 5.69 Å². The van der Waals surface area contributed by atoms with Gasteiger partial charge >= 0.3 is 0 Å². The van der Waals surface area contributed by atoms with Crippen LogP contribution < -0.4 is 5.32 Å². The normalized spacial score (nSPS) is 15.9. The second-order valence-corrected chi connectivity index (χ2v) is 7.17. The van der Waals surface area contributed by atoms with Gasteiger partial charge in [-0.1, -0.05) is 51.4 Å². The van der Waals surface area contributed by atoms with E-state index < -0.39 is 6.10 Å². The first kappa shape index (κ1) is 17.5. The van der Waals surface area contributed by atoms with Crippen molar-refractivity contribution >= 4 is 33.4 Å². The minimum atomic E-state index is -0.668. The van der Waals surface area contributed by atoms with Crippen LogP contribution in [0.5, 0.6) is 0 Å². The predicted octanol–water partition coefficient (Wildman–Crippen LogP) is 4.07. The summed E-state index contributed by atoms with van der Waals surface area (Å²) >= 11 is 3.45. The number of nitrogens with one attached hydrogen (secondary N) is 1. The molecule has 136 valence electrons. The highest BCUT2D eigenvalue weighted by Crippen LogP contribution is 2.22. The Hall–Kier alpha value is -2.93. The number of halogens is 1. The van der Waals surface area contributed by atoms with Crippen LogP contribution in [0.3, 0.4) is 0 Å². The van der Waals surface area contributed by atoms with Gasteiger partial charge in [0.05, 0.1) is 17.1 Å². The molecule has 0 spiro atoms. The van der Waals surface area contributed by atoms with Gasteiger partial charge in [0.15, 0.2) is 0 Å². The second kappa shape index (κ2) is 7.36. The van der Waals surface area contributed by atoms with Crippen molar-refractivity contribution in [3.63, 3.8) is 0 Å². The summed E-state index contributed by atoms with van der Waals surface area (Å²) in [4.78, 5) is 18.1. The minimum absolute atomic E-state index is 0.249. The molecule has 0 saturated heterocycles. The van der Waals surface area contributed by atoms with Gasteiger partial charge in [-0.25, -0.2) is 4.68 Å². The quantitative estimate of drug-likeness (QED) is 0.685.